The van der Waals surface area contributed by atoms with Gasteiger partial charge >= 0.3 is 0 Å². The van der Waals surface area contributed by atoms with Gasteiger partial charge in [-0.05, 0) is 99.2 Å². The Balaban J connectivity index is 0.000000183. The Kier molecular flexibility index (Phi) is 13.8. The third kappa shape index (κ3) is 10.0. The molecule has 0 amide bonds. The molecule has 54 heavy (non-hydrogen) atoms. The number of para-hydroxylation sites is 3. The van der Waals surface area contributed by atoms with Gasteiger partial charge in [0.25, 0.3) is 16.8 Å². The summed E-state index contributed by atoms with van der Waals surface area (Å²) in [4.78, 5) is 26.2. The summed E-state index contributed by atoms with van der Waals surface area (Å²) >= 11 is 0. The van der Waals surface area contributed by atoms with E-state index < -0.39 is 16.8 Å². The van der Waals surface area contributed by atoms with E-state index in [0.717, 1.165) is 39.5 Å². The molecule has 276 valence electrons. The van der Waals surface area contributed by atoms with Gasteiger partial charge in [0, 0.05) is 30.0 Å². The first-order valence-corrected chi connectivity index (χ1v) is 20.9. The van der Waals surface area contributed by atoms with Crippen LogP contribution in [-0.2, 0) is 0 Å². The van der Waals surface area contributed by atoms with Crippen LogP contribution >= 0.6 is 16.8 Å². The third-order valence-electron chi connectivity index (χ3n) is 8.86. The molecule has 0 fully saturated rings. The van der Waals surface area contributed by atoms with Gasteiger partial charge in [-0.25, -0.2) is 0 Å². The number of rotatable bonds is 8. The van der Waals surface area contributed by atoms with Gasteiger partial charge in [-0.3, -0.25) is 9.59 Å². The second-order valence-electron chi connectivity index (χ2n) is 13.0. The summed E-state index contributed by atoms with van der Waals surface area (Å²) in [6.45, 7) is 15.9. The third-order valence-corrected chi connectivity index (χ3v) is 10.7. The van der Waals surface area contributed by atoms with Gasteiger partial charge in [0.2, 0.25) is 0 Å². The van der Waals surface area contributed by atoms with Crippen LogP contribution in [0, 0.1) is 41.5 Å². The molecule has 7 rings (SSSR count). The van der Waals surface area contributed by atoms with Crippen LogP contribution in [0.4, 0.5) is 0 Å². The fraction of sp³-hybridized carbons (Fsp3) is 0.174. The Bertz CT molecular complexity index is 2180. The maximum absolute atomic E-state index is 13.2. The first kappa shape index (κ1) is 39.9. The van der Waals surface area contributed by atoms with E-state index in [1.807, 2.05) is 120 Å². The fourth-order valence-electron chi connectivity index (χ4n) is 5.69. The molecule has 0 radical (unpaired) electrons. The lowest BCUT2D eigenvalue weighted by molar-refractivity contribution is 0.0977. The van der Waals surface area contributed by atoms with Gasteiger partial charge < -0.3 is 18.1 Å². The summed E-state index contributed by atoms with van der Waals surface area (Å²) in [5.41, 5.74) is 8.37. The highest BCUT2D eigenvalue weighted by Gasteiger charge is 2.33. The molecule has 1 aliphatic rings. The topological polar surface area (TPSA) is 71.1 Å². The molecule has 8 heteroatoms. The summed E-state index contributed by atoms with van der Waals surface area (Å²) in [6.07, 6.45) is 0. The lowest BCUT2D eigenvalue weighted by Crippen LogP contribution is -2.22. The molecule has 0 N–H and O–H groups in total. The van der Waals surface area contributed by atoms with Crippen LogP contribution in [0.3, 0.4) is 0 Å². The molecule has 0 heterocycles. The Hall–Kier alpha value is -5.28. The number of hydrogen-bond acceptors (Lipinski definition) is 6. The first-order valence-electron chi connectivity index (χ1n) is 17.6. The maximum atomic E-state index is 13.2. The van der Waals surface area contributed by atoms with Crippen LogP contribution in [-0.4, -0.2) is 24.9 Å². The average molecular weight is 757 g/mol. The van der Waals surface area contributed by atoms with Crippen LogP contribution in [0.25, 0.3) is 0 Å². The number of hydrogen-bond donors (Lipinski definition) is 0. The molecule has 1 unspecified atom stereocenters. The normalized spacial score (nSPS) is 11.9. The Morgan fingerprint density at radius 1 is 0.333 bits per heavy atom. The molecule has 0 aromatic heterocycles. The molecule has 0 saturated carbocycles. The highest BCUT2D eigenvalue weighted by molar-refractivity contribution is 7.47. The van der Waals surface area contributed by atoms with E-state index in [2.05, 4.69) is 38.1 Å². The average Bonchev–Trinajstić information content (AvgIpc) is 3.15. The largest absolute Gasteiger partial charge is 0.438 e. The highest BCUT2D eigenvalue weighted by Crippen LogP contribution is 2.43. The first-order chi connectivity index (χ1) is 25.9. The van der Waals surface area contributed by atoms with Crippen LogP contribution < -0.4 is 18.1 Å². The van der Waals surface area contributed by atoms with E-state index in [9.17, 15) is 9.59 Å². The van der Waals surface area contributed by atoms with Crippen LogP contribution in [0.1, 0.15) is 65.2 Å². The number of carbonyl (C=O) groups is 2. The minimum absolute atomic E-state index is 0.154. The summed E-state index contributed by atoms with van der Waals surface area (Å²) in [6, 6.07) is 42.5. The van der Waals surface area contributed by atoms with Crippen molar-refractivity contribution in [3.8, 4) is 23.0 Å². The van der Waals surface area contributed by atoms with Crippen molar-refractivity contribution in [2.24, 2.45) is 0 Å². The number of aryl methyl sites for hydroxylation is 6. The zero-order valence-corrected chi connectivity index (χ0v) is 33.8. The Morgan fingerprint density at radius 3 is 1.06 bits per heavy atom. The van der Waals surface area contributed by atoms with E-state index in [1.54, 1.807) is 30.3 Å². The van der Waals surface area contributed by atoms with Crippen molar-refractivity contribution in [2.45, 2.75) is 41.5 Å². The van der Waals surface area contributed by atoms with Gasteiger partial charge in [-0.15, -0.1) is 0 Å². The van der Waals surface area contributed by atoms with Gasteiger partial charge in [0.15, 0.2) is 11.6 Å². The number of carbonyl (C=O) groups excluding carboxylic acids is 2. The molecule has 6 aromatic rings. The van der Waals surface area contributed by atoms with Gasteiger partial charge in [0.1, 0.15) is 23.0 Å². The summed E-state index contributed by atoms with van der Waals surface area (Å²) < 4.78 is 23.6. The predicted molar refractivity (Wildman–Crippen MR) is 222 cm³/mol. The quantitative estimate of drug-likeness (QED) is 0.144. The highest BCUT2D eigenvalue weighted by atomic mass is 31.2. The van der Waals surface area contributed by atoms with Crippen molar-refractivity contribution in [2.75, 3.05) is 13.3 Å². The SMILES string of the molecule is Cc1ccccc1C.Cc1ccccc1OP(C)Oc1cccc2c1C(=O)c1c(C)cccc1C2=O.Cc1ccccc1OP(C)Oc1ccccc1C. The number of benzene rings is 6. The standard InChI is InChI=1S/C23H19O4P.C15H17O2P.C8H10/c1-14-8-4-5-12-18(14)26-28(3)27-19-13-7-11-17-21(19)23(25)20-15(2)9-6-10-16(20)22(17)24;1-12-8-4-6-10-14(12)16-18(3)17-15-11-7-5-9-13(15)2;1-7-5-3-4-6-8(7)2/h4-13H,1-3H3;4-11H,1-3H3;3-6H,1-2H3. The molecular weight excluding hydrogens is 710 g/mol. The molecule has 0 saturated heterocycles. The van der Waals surface area contributed by atoms with Crippen molar-refractivity contribution in [3.63, 3.8) is 0 Å². The van der Waals surface area contributed by atoms with Gasteiger partial charge in [-0.2, -0.15) is 0 Å². The van der Waals surface area contributed by atoms with E-state index in [1.165, 1.54) is 11.1 Å². The molecule has 1 atom stereocenters. The summed E-state index contributed by atoms with van der Waals surface area (Å²) in [5, 5.41) is 0. The van der Waals surface area contributed by atoms with Crippen LogP contribution in [0.5, 0.6) is 23.0 Å². The Labute approximate surface area is 321 Å². The molecule has 0 aliphatic heterocycles. The van der Waals surface area contributed by atoms with E-state index in [0.29, 0.717) is 28.0 Å². The summed E-state index contributed by atoms with van der Waals surface area (Å²) in [5.74, 6) is 2.56. The predicted octanol–water partition coefficient (Wildman–Crippen LogP) is 12.5. The smallest absolute Gasteiger partial charge is 0.286 e. The molecule has 0 bridgehead atoms. The van der Waals surface area contributed by atoms with Crippen LogP contribution in [0.2, 0.25) is 0 Å². The maximum Gasteiger partial charge on any atom is 0.286 e. The van der Waals surface area contributed by atoms with Crippen molar-refractivity contribution < 1.29 is 27.7 Å². The minimum Gasteiger partial charge on any atom is -0.438 e. The van der Waals surface area contributed by atoms with Crippen molar-refractivity contribution in [1.29, 1.82) is 0 Å². The molecular formula is C46H46O6P2. The monoisotopic (exact) mass is 756 g/mol. The summed E-state index contributed by atoms with van der Waals surface area (Å²) in [7, 11) is -2.30. The van der Waals surface area contributed by atoms with E-state index in [-0.39, 0.29) is 11.6 Å². The van der Waals surface area contributed by atoms with Crippen molar-refractivity contribution >= 4 is 28.3 Å². The van der Waals surface area contributed by atoms with Gasteiger partial charge in [0.05, 0.1) is 5.56 Å². The molecule has 6 nitrogen and oxygen atoms in total. The molecule has 6 aromatic carbocycles. The second-order valence-corrected chi connectivity index (χ2v) is 15.4. The van der Waals surface area contributed by atoms with E-state index in [4.69, 9.17) is 18.1 Å². The molecule has 1 aliphatic carbocycles. The molecule has 0 spiro atoms. The lowest BCUT2D eigenvalue weighted by Gasteiger charge is -2.23. The van der Waals surface area contributed by atoms with Crippen LogP contribution in [0.15, 0.2) is 133 Å². The van der Waals surface area contributed by atoms with Crippen molar-refractivity contribution in [1.82, 2.24) is 0 Å². The number of ketones is 2. The van der Waals surface area contributed by atoms with Gasteiger partial charge in [-0.1, -0.05) is 109 Å². The van der Waals surface area contributed by atoms with Crippen molar-refractivity contribution in [3.05, 3.63) is 189 Å². The second kappa shape index (κ2) is 18.7. The zero-order chi connectivity index (χ0) is 38.8. The number of fused-ring (bicyclic) bond motifs is 2. The Morgan fingerprint density at radius 2 is 0.648 bits per heavy atom. The zero-order valence-electron chi connectivity index (χ0n) is 32.0. The van der Waals surface area contributed by atoms with E-state index >= 15 is 0 Å². The fourth-order valence-corrected chi connectivity index (χ4v) is 7.64. The minimum atomic E-state index is -1.34. The lowest BCUT2D eigenvalue weighted by atomic mass is 9.82.